The summed E-state index contributed by atoms with van der Waals surface area (Å²) in [5.41, 5.74) is 0.0402. The van der Waals surface area contributed by atoms with Crippen LogP contribution in [0.3, 0.4) is 0 Å². The summed E-state index contributed by atoms with van der Waals surface area (Å²) in [6, 6.07) is 2.42. The Balaban J connectivity index is 2.18. The van der Waals surface area contributed by atoms with Crippen molar-refractivity contribution < 1.29 is 4.74 Å². The van der Waals surface area contributed by atoms with Crippen LogP contribution in [0.2, 0.25) is 0 Å². The molecule has 0 aromatic heterocycles. The minimum Gasteiger partial charge on any atom is -0.385 e. The fourth-order valence-corrected chi connectivity index (χ4v) is 1.58. The van der Waals surface area contributed by atoms with Crippen molar-refractivity contribution >= 4 is 0 Å². The van der Waals surface area contributed by atoms with Gasteiger partial charge in [-0.05, 0) is 25.7 Å². The van der Waals surface area contributed by atoms with Crippen LogP contribution >= 0.6 is 0 Å². The van der Waals surface area contributed by atoms with E-state index < -0.39 is 0 Å². The fourth-order valence-electron chi connectivity index (χ4n) is 1.58. The van der Waals surface area contributed by atoms with Gasteiger partial charge in [-0.2, -0.15) is 5.26 Å². The lowest BCUT2D eigenvalue weighted by Gasteiger charge is -2.35. The molecule has 1 aliphatic rings. The Morgan fingerprint density at radius 1 is 1.55 bits per heavy atom. The van der Waals surface area contributed by atoms with E-state index in [1.165, 1.54) is 6.42 Å². The summed E-state index contributed by atoms with van der Waals surface area (Å²) in [6.07, 6.45) is 5.50. The summed E-state index contributed by atoms with van der Waals surface area (Å²) in [4.78, 5) is 0. The molecule has 62 valence electrons. The summed E-state index contributed by atoms with van der Waals surface area (Å²) < 4.78 is 4.94. The predicted octanol–water partition coefficient (Wildman–Crippen LogP) is 2.11. The molecule has 0 spiro atoms. The van der Waals surface area contributed by atoms with Crippen LogP contribution in [0.25, 0.3) is 0 Å². The number of hydrogen-bond donors (Lipinski definition) is 0. The Kier molecular flexibility index (Phi) is 2.90. The first kappa shape index (κ1) is 8.55. The van der Waals surface area contributed by atoms with E-state index in [4.69, 9.17) is 10.00 Å². The van der Waals surface area contributed by atoms with Crippen molar-refractivity contribution in [1.82, 2.24) is 0 Å². The molecule has 1 rings (SSSR count). The molecule has 0 aromatic carbocycles. The number of nitriles is 1. The molecule has 0 heterocycles. The largest absolute Gasteiger partial charge is 0.385 e. The van der Waals surface area contributed by atoms with Crippen LogP contribution in [-0.4, -0.2) is 13.7 Å². The normalized spacial score (nSPS) is 20.4. The van der Waals surface area contributed by atoms with E-state index in [0.29, 0.717) is 0 Å². The molecule has 0 amide bonds. The van der Waals surface area contributed by atoms with Gasteiger partial charge >= 0.3 is 0 Å². The van der Waals surface area contributed by atoms with Gasteiger partial charge in [-0.25, -0.2) is 0 Å². The molecule has 0 unspecified atom stereocenters. The first-order valence-electron chi connectivity index (χ1n) is 4.23. The van der Waals surface area contributed by atoms with Crippen molar-refractivity contribution in [2.45, 2.75) is 32.1 Å². The van der Waals surface area contributed by atoms with Crippen molar-refractivity contribution in [1.29, 1.82) is 5.26 Å². The van der Waals surface area contributed by atoms with Crippen molar-refractivity contribution in [3.63, 3.8) is 0 Å². The molecule has 0 aliphatic heterocycles. The van der Waals surface area contributed by atoms with E-state index in [0.717, 1.165) is 32.3 Å². The summed E-state index contributed by atoms with van der Waals surface area (Å²) in [7, 11) is 1.71. The monoisotopic (exact) mass is 153 g/mol. The van der Waals surface area contributed by atoms with E-state index in [1.807, 2.05) is 0 Å². The maximum Gasteiger partial charge on any atom is 0.0689 e. The van der Waals surface area contributed by atoms with Gasteiger partial charge in [-0.3, -0.25) is 0 Å². The zero-order chi connectivity index (χ0) is 8.16. The molecule has 0 radical (unpaired) electrons. The summed E-state index contributed by atoms with van der Waals surface area (Å²) in [6.45, 7) is 0.795. The Bertz CT molecular complexity index is 155. The Morgan fingerprint density at radius 3 is 2.64 bits per heavy atom. The molecular formula is C9H15NO. The minimum absolute atomic E-state index is 0.0402. The molecular weight excluding hydrogens is 138 g/mol. The van der Waals surface area contributed by atoms with Crippen LogP contribution in [0.4, 0.5) is 0 Å². The number of rotatable bonds is 4. The summed E-state index contributed by atoms with van der Waals surface area (Å²) >= 11 is 0. The molecule has 2 nitrogen and oxygen atoms in total. The van der Waals surface area contributed by atoms with Gasteiger partial charge in [0.1, 0.15) is 0 Å². The maximum atomic E-state index is 8.85. The average Bonchev–Trinajstić information content (AvgIpc) is 1.95. The zero-order valence-corrected chi connectivity index (χ0v) is 7.10. The van der Waals surface area contributed by atoms with E-state index in [1.54, 1.807) is 7.11 Å². The van der Waals surface area contributed by atoms with Gasteiger partial charge in [0.15, 0.2) is 0 Å². The Labute approximate surface area is 68.2 Å². The molecule has 11 heavy (non-hydrogen) atoms. The highest BCUT2D eigenvalue weighted by atomic mass is 16.5. The quantitative estimate of drug-likeness (QED) is 0.579. The van der Waals surface area contributed by atoms with E-state index in [9.17, 15) is 0 Å². The number of methoxy groups -OCH3 is 1. The average molecular weight is 153 g/mol. The van der Waals surface area contributed by atoms with E-state index in [-0.39, 0.29) is 5.41 Å². The minimum atomic E-state index is 0.0402. The lowest BCUT2D eigenvalue weighted by atomic mass is 9.67. The molecule has 0 N–H and O–H groups in total. The van der Waals surface area contributed by atoms with Crippen LogP contribution in [0.15, 0.2) is 0 Å². The third-order valence-corrected chi connectivity index (χ3v) is 2.55. The zero-order valence-electron chi connectivity index (χ0n) is 7.10. The second-order valence-electron chi connectivity index (χ2n) is 3.34. The van der Waals surface area contributed by atoms with E-state index in [2.05, 4.69) is 6.07 Å². The molecule has 0 aromatic rings. The molecule has 1 saturated carbocycles. The second-order valence-corrected chi connectivity index (χ2v) is 3.34. The molecule has 1 fully saturated rings. The highest BCUT2D eigenvalue weighted by Crippen LogP contribution is 2.43. The lowest BCUT2D eigenvalue weighted by molar-refractivity contribution is 0.146. The van der Waals surface area contributed by atoms with Gasteiger partial charge in [0.25, 0.3) is 0 Å². The Morgan fingerprint density at radius 2 is 2.27 bits per heavy atom. The smallest absolute Gasteiger partial charge is 0.0689 e. The first-order valence-corrected chi connectivity index (χ1v) is 4.23. The maximum absolute atomic E-state index is 8.85. The summed E-state index contributed by atoms with van der Waals surface area (Å²) in [5, 5.41) is 8.85. The number of nitrogens with zero attached hydrogens (tertiary/aromatic N) is 1. The standard InChI is InChI=1S/C9H15NO/c1-11-7-3-6-9(8-10)4-2-5-9/h2-7H2,1H3. The molecule has 0 bridgehead atoms. The SMILES string of the molecule is COCCCC1(C#N)CCC1. The number of hydrogen-bond acceptors (Lipinski definition) is 2. The van der Waals surface area contributed by atoms with Gasteiger partial charge in [-0.15, -0.1) is 0 Å². The van der Waals surface area contributed by atoms with Gasteiger partial charge in [-0.1, -0.05) is 6.42 Å². The Hall–Kier alpha value is -0.550. The second kappa shape index (κ2) is 3.73. The molecule has 2 heteroatoms. The van der Waals surface area contributed by atoms with Gasteiger partial charge in [0, 0.05) is 13.7 Å². The van der Waals surface area contributed by atoms with Gasteiger partial charge in [0.05, 0.1) is 11.5 Å². The van der Waals surface area contributed by atoms with Crippen LogP contribution in [-0.2, 0) is 4.74 Å². The molecule has 0 saturated heterocycles. The third kappa shape index (κ3) is 1.94. The number of ether oxygens (including phenoxy) is 1. The van der Waals surface area contributed by atoms with Crippen molar-refractivity contribution in [2.24, 2.45) is 5.41 Å². The highest BCUT2D eigenvalue weighted by molar-refractivity contribution is 5.04. The van der Waals surface area contributed by atoms with Gasteiger partial charge < -0.3 is 4.74 Å². The molecule has 0 atom stereocenters. The van der Waals surface area contributed by atoms with Gasteiger partial charge in [0.2, 0.25) is 0 Å². The molecule has 1 aliphatic carbocycles. The third-order valence-electron chi connectivity index (χ3n) is 2.55. The van der Waals surface area contributed by atoms with Crippen molar-refractivity contribution in [3.05, 3.63) is 0 Å². The fraction of sp³-hybridized carbons (Fsp3) is 0.889. The van der Waals surface area contributed by atoms with Crippen molar-refractivity contribution in [3.8, 4) is 6.07 Å². The van der Waals surface area contributed by atoms with Crippen LogP contribution < -0.4 is 0 Å². The summed E-state index contributed by atoms with van der Waals surface area (Å²) in [5.74, 6) is 0. The van der Waals surface area contributed by atoms with E-state index >= 15 is 0 Å². The highest BCUT2D eigenvalue weighted by Gasteiger charge is 2.36. The lowest BCUT2D eigenvalue weighted by Crippen LogP contribution is -2.27. The first-order chi connectivity index (χ1) is 5.33. The van der Waals surface area contributed by atoms with Crippen LogP contribution in [0, 0.1) is 16.7 Å². The predicted molar refractivity (Wildman–Crippen MR) is 43.0 cm³/mol. The van der Waals surface area contributed by atoms with Crippen molar-refractivity contribution in [2.75, 3.05) is 13.7 Å². The van der Waals surface area contributed by atoms with Crippen LogP contribution in [0.5, 0.6) is 0 Å². The topological polar surface area (TPSA) is 33.0 Å². The van der Waals surface area contributed by atoms with Crippen LogP contribution in [0.1, 0.15) is 32.1 Å².